The Labute approximate surface area is 150 Å². The third-order valence-corrected chi connectivity index (χ3v) is 4.14. The van der Waals surface area contributed by atoms with E-state index in [2.05, 4.69) is 10.4 Å². The number of unbranched alkanes of at least 4 members (excludes halogenated alkanes) is 1. The van der Waals surface area contributed by atoms with Crippen molar-refractivity contribution < 1.29 is 22.7 Å². The number of methoxy groups -OCH3 is 1. The highest BCUT2D eigenvalue weighted by Gasteiger charge is 2.27. The van der Waals surface area contributed by atoms with Gasteiger partial charge >= 0.3 is 0 Å². The fourth-order valence-electron chi connectivity index (χ4n) is 2.59. The molecule has 1 atom stereocenters. The van der Waals surface area contributed by atoms with Crippen molar-refractivity contribution in [3.63, 3.8) is 0 Å². The first-order valence-electron chi connectivity index (χ1n) is 8.33. The lowest BCUT2D eigenvalue weighted by Crippen LogP contribution is -2.33. The number of aryl methyl sites for hydroxylation is 1. The number of aromatic nitrogens is 2. The second kappa shape index (κ2) is 8.73. The number of amides is 1. The molecule has 0 aliphatic rings. The minimum atomic E-state index is -2.90. The first-order valence-corrected chi connectivity index (χ1v) is 8.33. The first kappa shape index (κ1) is 19.8. The third-order valence-electron chi connectivity index (χ3n) is 4.14. The normalized spacial score (nSPS) is 12.3. The molecule has 8 heteroatoms. The molecule has 0 spiro atoms. The lowest BCUT2D eigenvalue weighted by Gasteiger charge is -2.19. The maximum Gasteiger partial charge on any atom is 0.262 e. The summed E-state index contributed by atoms with van der Waals surface area (Å²) in [5.41, 5.74) is 0.785. The average molecular weight is 369 g/mol. The number of hydrogen-bond donors (Lipinski definition) is 1. The van der Waals surface area contributed by atoms with Gasteiger partial charge in [0, 0.05) is 12.2 Å². The molecule has 1 aromatic heterocycles. The fourth-order valence-corrected chi connectivity index (χ4v) is 2.59. The van der Waals surface area contributed by atoms with E-state index in [4.69, 9.17) is 4.74 Å². The van der Waals surface area contributed by atoms with Gasteiger partial charge in [0.2, 0.25) is 0 Å². The van der Waals surface area contributed by atoms with Crippen LogP contribution in [0.15, 0.2) is 24.4 Å². The van der Waals surface area contributed by atoms with Gasteiger partial charge in [-0.25, -0.2) is 13.2 Å². The third kappa shape index (κ3) is 4.36. The van der Waals surface area contributed by atoms with Crippen LogP contribution in [-0.4, -0.2) is 29.2 Å². The van der Waals surface area contributed by atoms with Crippen LogP contribution in [0.5, 0.6) is 5.75 Å². The lowest BCUT2D eigenvalue weighted by molar-refractivity contribution is 0.0742. The van der Waals surface area contributed by atoms with E-state index >= 15 is 0 Å². The predicted molar refractivity (Wildman–Crippen MR) is 91.0 cm³/mol. The number of halogens is 3. The average Bonchev–Trinajstić information content (AvgIpc) is 2.98. The quantitative estimate of drug-likeness (QED) is 0.768. The molecule has 1 aromatic carbocycles. The van der Waals surface area contributed by atoms with Crippen molar-refractivity contribution in [2.45, 2.75) is 45.7 Å². The number of alkyl halides is 2. The Balaban J connectivity index is 2.21. The van der Waals surface area contributed by atoms with Crippen molar-refractivity contribution >= 4 is 5.91 Å². The topological polar surface area (TPSA) is 56.2 Å². The summed E-state index contributed by atoms with van der Waals surface area (Å²) in [6.07, 6.45) is 0.325. The first-order chi connectivity index (χ1) is 12.4. The molecule has 1 N–H and O–H groups in total. The van der Waals surface area contributed by atoms with Gasteiger partial charge < -0.3 is 10.1 Å². The lowest BCUT2D eigenvalue weighted by atomic mass is 10.1. The molecular weight excluding hydrogens is 347 g/mol. The van der Waals surface area contributed by atoms with Crippen molar-refractivity contribution in [3.05, 3.63) is 47.0 Å². The maximum absolute atomic E-state index is 13.8. The molecule has 2 rings (SSSR count). The van der Waals surface area contributed by atoms with Crippen molar-refractivity contribution in [3.8, 4) is 5.75 Å². The SMILES string of the molecule is CCCCn1ncc(C(=O)NC(c2ccc(OC)c(F)c2)C(F)F)c1C. The molecule has 26 heavy (non-hydrogen) atoms. The standard InChI is InChI=1S/C18H22F3N3O2/c1-4-5-8-24-11(2)13(10-22-24)18(25)23-16(17(20)21)12-6-7-15(26-3)14(19)9-12/h6-7,9-10,16-17H,4-5,8H2,1-3H3,(H,23,25). The van der Waals surface area contributed by atoms with E-state index in [9.17, 15) is 18.0 Å². The summed E-state index contributed by atoms with van der Waals surface area (Å²) in [5, 5.41) is 6.40. The van der Waals surface area contributed by atoms with Gasteiger partial charge in [-0.05, 0) is 31.0 Å². The number of ether oxygens (including phenoxy) is 1. The van der Waals surface area contributed by atoms with Gasteiger partial charge in [-0.15, -0.1) is 0 Å². The largest absolute Gasteiger partial charge is 0.494 e. The summed E-state index contributed by atoms with van der Waals surface area (Å²) in [6, 6.07) is 1.85. The number of rotatable bonds is 8. The molecule has 1 heterocycles. The van der Waals surface area contributed by atoms with Gasteiger partial charge in [-0.3, -0.25) is 9.48 Å². The zero-order valence-corrected chi connectivity index (χ0v) is 14.9. The van der Waals surface area contributed by atoms with Gasteiger partial charge in [0.1, 0.15) is 6.04 Å². The summed E-state index contributed by atoms with van der Waals surface area (Å²) >= 11 is 0. The Morgan fingerprint density at radius 1 is 1.38 bits per heavy atom. The van der Waals surface area contributed by atoms with E-state index in [-0.39, 0.29) is 16.9 Å². The van der Waals surface area contributed by atoms with Crippen LogP contribution in [-0.2, 0) is 6.54 Å². The highest BCUT2D eigenvalue weighted by molar-refractivity contribution is 5.95. The van der Waals surface area contributed by atoms with E-state index in [0.717, 1.165) is 18.9 Å². The van der Waals surface area contributed by atoms with Gasteiger partial charge in [0.25, 0.3) is 12.3 Å². The zero-order valence-electron chi connectivity index (χ0n) is 14.9. The number of carbonyl (C=O) groups is 1. The van der Waals surface area contributed by atoms with Crippen molar-refractivity contribution in [2.75, 3.05) is 7.11 Å². The Kier molecular flexibility index (Phi) is 6.65. The van der Waals surface area contributed by atoms with Crippen LogP contribution < -0.4 is 10.1 Å². The van der Waals surface area contributed by atoms with E-state index in [1.807, 2.05) is 6.92 Å². The molecule has 142 valence electrons. The smallest absolute Gasteiger partial charge is 0.262 e. The van der Waals surface area contributed by atoms with Crippen molar-refractivity contribution in [1.29, 1.82) is 0 Å². The van der Waals surface area contributed by atoms with Gasteiger partial charge in [0.15, 0.2) is 11.6 Å². The number of benzene rings is 1. The van der Waals surface area contributed by atoms with Crippen LogP contribution >= 0.6 is 0 Å². The Hall–Kier alpha value is -2.51. The Morgan fingerprint density at radius 3 is 2.69 bits per heavy atom. The number of nitrogens with zero attached hydrogens (tertiary/aromatic N) is 2. The molecule has 0 radical (unpaired) electrons. The van der Waals surface area contributed by atoms with Gasteiger partial charge in [-0.2, -0.15) is 5.10 Å². The van der Waals surface area contributed by atoms with E-state index < -0.39 is 24.2 Å². The maximum atomic E-state index is 13.8. The minimum Gasteiger partial charge on any atom is -0.494 e. The number of hydrogen-bond acceptors (Lipinski definition) is 3. The van der Waals surface area contributed by atoms with Crippen LogP contribution in [0.4, 0.5) is 13.2 Å². The Bertz CT molecular complexity index is 762. The molecule has 0 saturated carbocycles. The summed E-state index contributed by atoms with van der Waals surface area (Å²) < 4.78 is 47.2. The summed E-state index contributed by atoms with van der Waals surface area (Å²) in [6.45, 7) is 4.40. The van der Waals surface area contributed by atoms with E-state index in [0.29, 0.717) is 12.2 Å². The molecular formula is C18H22F3N3O2. The minimum absolute atomic E-state index is 0.0392. The molecule has 5 nitrogen and oxygen atoms in total. The zero-order chi connectivity index (χ0) is 19.3. The molecule has 0 bridgehead atoms. The number of nitrogens with one attached hydrogen (secondary N) is 1. The molecule has 0 fully saturated rings. The monoisotopic (exact) mass is 369 g/mol. The molecule has 1 amide bonds. The molecule has 0 saturated heterocycles. The van der Waals surface area contributed by atoms with Crippen LogP contribution in [0.1, 0.15) is 47.4 Å². The highest BCUT2D eigenvalue weighted by atomic mass is 19.3. The van der Waals surface area contributed by atoms with Crippen molar-refractivity contribution in [2.24, 2.45) is 0 Å². The molecule has 0 aliphatic heterocycles. The highest BCUT2D eigenvalue weighted by Crippen LogP contribution is 2.26. The summed E-state index contributed by atoms with van der Waals surface area (Å²) in [4.78, 5) is 12.4. The van der Waals surface area contributed by atoms with E-state index in [1.54, 1.807) is 11.6 Å². The van der Waals surface area contributed by atoms with Crippen LogP contribution in [0, 0.1) is 12.7 Å². The molecule has 0 aliphatic carbocycles. The predicted octanol–water partition coefficient (Wildman–Crippen LogP) is 3.88. The molecule has 1 unspecified atom stereocenters. The Morgan fingerprint density at radius 2 is 2.12 bits per heavy atom. The number of carbonyl (C=O) groups excluding carboxylic acids is 1. The van der Waals surface area contributed by atoms with Crippen molar-refractivity contribution in [1.82, 2.24) is 15.1 Å². The van der Waals surface area contributed by atoms with Crippen LogP contribution in [0.2, 0.25) is 0 Å². The van der Waals surface area contributed by atoms with Crippen LogP contribution in [0.25, 0.3) is 0 Å². The second-order valence-electron chi connectivity index (χ2n) is 5.90. The molecule has 2 aromatic rings. The van der Waals surface area contributed by atoms with Gasteiger partial charge in [-0.1, -0.05) is 19.4 Å². The summed E-state index contributed by atoms with van der Waals surface area (Å²) in [7, 11) is 1.28. The van der Waals surface area contributed by atoms with Crippen LogP contribution in [0.3, 0.4) is 0 Å². The van der Waals surface area contributed by atoms with E-state index in [1.165, 1.54) is 25.4 Å². The second-order valence-corrected chi connectivity index (χ2v) is 5.90. The fraction of sp³-hybridized carbons (Fsp3) is 0.444. The summed E-state index contributed by atoms with van der Waals surface area (Å²) in [5.74, 6) is -1.50. The van der Waals surface area contributed by atoms with Gasteiger partial charge in [0.05, 0.1) is 18.9 Å².